The van der Waals surface area contributed by atoms with Gasteiger partial charge in [-0.15, -0.1) is 0 Å². The molecule has 4 heteroatoms. The SMILES string of the molecule is CCCCn1cc(C(=O)O)c(-c2c(C)cc(C)cc2C)n1. The number of benzene rings is 1. The average Bonchev–Trinajstić information content (AvgIpc) is 2.79. The number of carboxylic acid groups (broad SMARTS) is 1. The van der Waals surface area contributed by atoms with Crippen LogP contribution in [0.1, 0.15) is 46.8 Å². The van der Waals surface area contributed by atoms with Crippen molar-refractivity contribution in [1.29, 1.82) is 0 Å². The number of carbonyl (C=O) groups is 1. The van der Waals surface area contributed by atoms with Gasteiger partial charge < -0.3 is 5.11 Å². The van der Waals surface area contributed by atoms with Crippen LogP contribution in [-0.4, -0.2) is 20.9 Å². The zero-order chi connectivity index (χ0) is 15.6. The molecule has 2 aromatic rings. The molecular weight excluding hydrogens is 264 g/mol. The van der Waals surface area contributed by atoms with Gasteiger partial charge >= 0.3 is 5.97 Å². The molecule has 1 heterocycles. The maximum atomic E-state index is 11.5. The Morgan fingerprint density at radius 2 is 1.86 bits per heavy atom. The van der Waals surface area contributed by atoms with E-state index < -0.39 is 5.97 Å². The van der Waals surface area contributed by atoms with Crippen molar-refractivity contribution in [1.82, 2.24) is 9.78 Å². The number of aromatic nitrogens is 2. The molecule has 4 nitrogen and oxygen atoms in total. The number of nitrogens with zero attached hydrogens (tertiary/aromatic N) is 2. The second-order valence-electron chi connectivity index (χ2n) is 5.59. The van der Waals surface area contributed by atoms with Crippen LogP contribution < -0.4 is 0 Å². The van der Waals surface area contributed by atoms with Gasteiger partial charge in [0.15, 0.2) is 0 Å². The Labute approximate surface area is 125 Å². The summed E-state index contributed by atoms with van der Waals surface area (Å²) in [5.74, 6) is -0.924. The van der Waals surface area contributed by atoms with Crippen LogP contribution in [0.2, 0.25) is 0 Å². The highest BCUT2D eigenvalue weighted by Crippen LogP contribution is 2.30. The average molecular weight is 286 g/mol. The Kier molecular flexibility index (Phi) is 4.46. The lowest BCUT2D eigenvalue weighted by Crippen LogP contribution is -2.00. The van der Waals surface area contributed by atoms with E-state index in [4.69, 9.17) is 0 Å². The molecule has 0 radical (unpaired) electrons. The molecule has 112 valence electrons. The fourth-order valence-electron chi connectivity index (χ4n) is 2.75. The van der Waals surface area contributed by atoms with Crippen LogP contribution in [0.25, 0.3) is 11.3 Å². The van der Waals surface area contributed by atoms with E-state index in [1.54, 1.807) is 10.9 Å². The highest BCUT2D eigenvalue weighted by molar-refractivity contribution is 5.95. The van der Waals surface area contributed by atoms with Gasteiger partial charge in [0.1, 0.15) is 11.3 Å². The summed E-state index contributed by atoms with van der Waals surface area (Å²) in [5.41, 5.74) is 5.10. The van der Waals surface area contributed by atoms with Gasteiger partial charge in [-0.2, -0.15) is 5.10 Å². The highest BCUT2D eigenvalue weighted by atomic mass is 16.4. The number of hydrogen-bond acceptors (Lipinski definition) is 2. The quantitative estimate of drug-likeness (QED) is 0.904. The van der Waals surface area contributed by atoms with Crippen LogP contribution in [-0.2, 0) is 6.54 Å². The molecule has 2 rings (SSSR count). The van der Waals surface area contributed by atoms with Gasteiger partial charge in [-0.3, -0.25) is 4.68 Å². The van der Waals surface area contributed by atoms with Gasteiger partial charge in [0.2, 0.25) is 0 Å². The fraction of sp³-hybridized carbons (Fsp3) is 0.412. The molecule has 0 bridgehead atoms. The second kappa shape index (κ2) is 6.12. The largest absolute Gasteiger partial charge is 0.478 e. The molecule has 0 saturated heterocycles. The van der Waals surface area contributed by atoms with Crippen molar-refractivity contribution < 1.29 is 9.90 Å². The summed E-state index contributed by atoms with van der Waals surface area (Å²) in [7, 11) is 0. The van der Waals surface area contributed by atoms with Crippen LogP contribution in [0.3, 0.4) is 0 Å². The predicted octanol–water partition coefficient (Wildman–Crippen LogP) is 3.97. The number of aryl methyl sites for hydroxylation is 4. The molecule has 0 aliphatic heterocycles. The minimum Gasteiger partial charge on any atom is -0.478 e. The lowest BCUT2D eigenvalue weighted by Gasteiger charge is -2.10. The summed E-state index contributed by atoms with van der Waals surface area (Å²) < 4.78 is 1.75. The van der Waals surface area contributed by atoms with Crippen molar-refractivity contribution in [3.05, 3.63) is 40.6 Å². The smallest absolute Gasteiger partial charge is 0.339 e. The third kappa shape index (κ3) is 3.15. The van der Waals surface area contributed by atoms with E-state index in [0.29, 0.717) is 5.69 Å². The van der Waals surface area contributed by atoms with Crippen molar-refractivity contribution in [2.75, 3.05) is 0 Å². The van der Waals surface area contributed by atoms with Gasteiger partial charge in [-0.1, -0.05) is 31.0 Å². The Hall–Kier alpha value is -2.10. The van der Waals surface area contributed by atoms with E-state index >= 15 is 0 Å². The molecule has 1 aromatic carbocycles. The van der Waals surface area contributed by atoms with E-state index in [-0.39, 0.29) is 5.56 Å². The Bertz CT molecular complexity index is 648. The molecule has 0 amide bonds. The molecule has 0 fully saturated rings. The van der Waals surface area contributed by atoms with Crippen molar-refractivity contribution in [2.24, 2.45) is 0 Å². The van der Waals surface area contributed by atoms with Crippen LogP contribution in [0.4, 0.5) is 0 Å². The maximum Gasteiger partial charge on any atom is 0.339 e. The fourth-order valence-corrected chi connectivity index (χ4v) is 2.75. The molecule has 0 aliphatic rings. The van der Waals surface area contributed by atoms with Crippen LogP contribution >= 0.6 is 0 Å². The zero-order valence-corrected chi connectivity index (χ0v) is 13.1. The second-order valence-corrected chi connectivity index (χ2v) is 5.59. The van der Waals surface area contributed by atoms with E-state index in [1.165, 1.54) is 5.56 Å². The lowest BCUT2D eigenvalue weighted by atomic mass is 9.95. The molecule has 0 saturated carbocycles. The molecular formula is C17H22N2O2. The highest BCUT2D eigenvalue weighted by Gasteiger charge is 2.20. The molecule has 0 spiro atoms. The monoisotopic (exact) mass is 286 g/mol. The number of hydrogen-bond donors (Lipinski definition) is 1. The van der Waals surface area contributed by atoms with Crippen LogP contribution in [0.5, 0.6) is 0 Å². The number of rotatable bonds is 5. The molecule has 0 atom stereocenters. The number of unbranched alkanes of at least 4 members (excludes halogenated alkanes) is 1. The molecule has 1 N–H and O–H groups in total. The van der Waals surface area contributed by atoms with E-state index in [1.807, 2.05) is 20.8 Å². The minimum atomic E-state index is -0.924. The maximum absolute atomic E-state index is 11.5. The van der Waals surface area contributed by atoms with Crippen molar-refractivity contribution in [3.63, 3.8) is 0 Å². The Morgan fingerprint density at radius 3 is 2.38 bits per heavy atom. The van der Waals surface area contributed by atoms with Gasteiger partial charge in [-0.05, 0) is 38.3 Å². The van der Waals surface area contributed by atoms with Gasteiger partial charge in [0, 0.05) is 18.3 Å². The topological polar surface area (TPSA) is 55.1 Å². The van der Waals surface area contributed by atoms with Crippen molar-refractivity contribution in [3.8, 4) is 11.3 Å². The number of carboxylic acids is 1. The predicted molar refractivity (Wildman–Crippen MR) is 83.7 cm³/mol. The Balaban J connectivity index is 2.57. The van der Waals surface area contributed by atoms with Crippen molar-refractivity contribution in [2.45, 2.75) is 47.1 Å². The Morgan fingerprint density at radius 1 is 1.24 bits per heavy atom. The normalized spacial score (nSPS) is 10.9. The first-order chi connectivity index (χ1) is 9.93. The number of aromatic carboxylic acids is 1. The minimum absolute atomic E-state index is 0.279. The first-order valence-electron chi connectivity index (χ1n) is 7.33. The zero-order valence-electron chi connectivity index (χ0n) is 13.1. The molecule has 1 aromatic heterocycles. The van der Waals surface area contributed by atoms with Gasteiger partial charge in [0.05, 0.1) is 0 Å². The summed E-state index contributed by atoms with van der Waals surface area (Å²) in [6.45, 7) is 8.91. The summed E-state index contributed by atoms with van der Waals surface area (Å²) >= 11 is 0. The summed E-state index contributed by atoms with van der Waals surface area (Å²) in [6.07, 6.45) is 3.69. The summed E-state index contributed by atoms with van der Waals surface area (Å²) in [5, 5.41) is 14.0. The van der Waals surface area contributed by atoms with Crippen LogP contribution in [0, 0.1) is 20.8 Å². The summed E-state index contributed by atoms with van der Waals surface area (Å²) in [6, 6.07) is 4.14. The van der Waals surface area contributed by atoms with E-state index in [0.717, 1.165) is 36.1 Å². The van der Waals surface area contributed by atoms with E-state index in [9.17, 15) is 9.90 Å². The van der Waals surface area contributed by atoms with Gasteiger partial charge in [0.25, 0.3) is 0 Å². The molecule has 0 aliphatic carbocycles. The first kappa shape index (κ1) is 15.3. The first-order valence-corrected chi connectivity index (χ1v) is 7.33. The molecule has 21 heavy (non-hydrogen) atoms. The standard InChI is InChI=1S/C17H22N2O2/c1-5-6-7-19-10-14(17(20)21)16(18-19)15-12(3)8-11(2)9-13(15)4/h8-10H,5-7H2,1-4H3,(H,20,21). The summed E-state index contributed by atoms with van der Waals surface area (Å²) in [4.78, 5) is 11.5. The lowest BCUT2D eigenvalue weighted by molar-refractivity contribution is 0.0697. The van der Waals surface area contributed by atoms with Crippen LogP contribution in [0.15, 0.2) is 18.3 Å². The van der Waals surface area contributed by atoms with E-state index in [2.05, 4.69) is 24.2 Å². The molecule has 0 unspecified atom stereocenters. The van der Waals surface area contributed by atoms with Gasteiger partial charge in [-0.25, -0.2) is 4.79 Å². The van der Waals surface area contributed by atoms with Crippen molar-refractivity contribution >= 4 is 5.97 Å². The third-order valence-electron chi connectivity index (χ3n) is 3.65. The third-order valence-corrected chi connectivity index (χ3v) is 3.65.